The molecule has 6 heteroatoms. The molecule has 1 heterocycles. The summed E-state index contributed by atoms with van der Waals surface area (Å²) in [5.41, 5.74) is 2.53. The molecule has 29 heavy (non-hydrogen) atoms. The highest BCUT2D eigenvalue weighted by Gasteiger charge is 2.22. The summed E-state index contributed by atoms with van der Waals surface area (Å²) in [5.74, 6) is 0.336. The Labute approximate surface area is 171 Å². The lowest BCUT2D eigenvalue weighted by Crippen LogP contribution is -2.37. The van der Waals surface area contributed by atoms with E-state index in [4.69, 9.17) is 9.84 Å². The summed E-state index contributed by atoms with van der Waals surface area (Å²) in [6, 6.07) is 14.8. The molecule has 1 aliphatic heterocycles. The van der Waals surface area contributed by atoms with E-state index in [1.807, 2.05) is 36.4 Å². The van der Waals surface area contributed by atoms with Gasteiger partial charge in [-0.25, -0.2) is 4.79 Å². The van der Waals surface area contributed by atoms with Crippen molar-refractivity contribution in [2.75, 3.05) is 26.7 Å². The fraction of sp³-hybridized carbons (Fsp3) is 0.391. The number of rotatable bonds is 8. The molecule has 6 nitrogen and oxygen atoms in total. The summed E-state index contributed by atoms with van der Waals surface area (Å²) in [4.78, 5) is 25.6. The van der Waals surface area contributed by atoms with Gasteiger partial charge in [0.25, 0.3) is 0 Å². The van der Waals surface area contributed by atoms with Crippen molar-refractivity contribution in [2.45, 2.75) is 31.7 Å². The molecule has 1 fully saturated rings. The predicted octanol–water partition coefficient (Wildman–Crippen LogP) is 3.28. The molecule has 0 saturated carbocycles. The highest BCUT2D eigenvalue weighted by molar-refractivity contribution is 5.87. The molecule has 2 aromatic rings. The molecule has 154 valence electrons. The molecule has 1 amide bonds. The lowest BCUT2D eigenvalue weighted by Gasteiger charge is -2.32. The average Bonchev–Trinajstić information content (AvgIpc) is 2.77. The van der Waals surface area contributed by atoms with E-state index < -0.39 is 5.97 Å². The number of carboxylic acids is 1. The first-order valence-electron chi connectivity index (χ1n) is 10.0. The van der Waals surface area contributed by atoms with Crippen molar-refractivity contribution in [3.63, 3.8) is 0 Å². The number of piperidine rings is 1. The highest BCUT2D eigenvalue weighted by Crippen LogP contribution is 2.27. The SMILES string of the molecule is COc1ccc(CNC(=O)CCN2CCC[C@H](c3ccc(C(=O)O)cc3)C2)cc1. The van der Waals surface area contributed by atoms with Crippen molar-refractivity contribution in [1.82, 2.24) is 10.2 Å². The number of amides is 1. The molecule has 1 saturated heterocycles. The Morgan fingerprint density at radius 1 is 1.14 bits per heavy atom. The van der Waals surface area contributed by atoms with Crippen LogP contribution in [0.15, 0.2) is 48.5 Å². The van der Waals surface area contributed by atoms with Crippen LogP contribution in [0.4, 0.5) is 0 Å². The summed E-state index contributed by atoms with van der Waals surface area (Å²) < 4.78 is 5.14. The van der Waals surface area contributed by atoms with Crippen LogP contribution in [-0.4, -0.2) is 48.6 Å². The zero-order valence-corrected chi connectivity index (χ0v) is 16.8. The third-order valence-corrected chi connectivity index (χ3v) is 5.44. The summed E-state index contributed by atoms with van der Waals surface area (Å²) in [5, 5.41) is 12.0. The van der Waals surface area contributed by atoms with Gasteiger partial charge in [-0.3, -0.25) is 4.79 Å². The largest absolute Gasteiger partial charge is 0.497 e. The molecular formula is C23H28N2O4. The van der Waals surface area contributed by atoms with E-state index in [0.29, 0.717) is 24.4 Å². The third-order valence-electron chi connectivity index (χ3n) is 5.44. The van der Waals surface area contributed by atoms with Crippen molar-refractivity contribution in [1.29, 1.82) is 0 Å². The van der Waals surface area contributed by atoms with E-state index in [9.17, 15) is 9.59 Å². The number of nitrogens with zero attached hydrogens (tertiary/aromatic N) is 1. The maximum absolute atomic E-state index is 12.2. The van der Waals surface area contributed by atoms with Gasteiger partial charge in [0.1, 0.15) is 5.75 Å². The Morgan fingerprint density at radius 2 is 1.86 bits per heavy atom. The molecule has 0 bridgehead atoms. The summed E-state index contributed by atoms with van der Waals surface area (Å²) in [6.07, 6.45) is 2.65. The van der Waals surface area contributed by atoms with Crippen LogP contribution >= 0.6 is 0 Å². The molecule has 2 aromatic carbocycles. The normalized spacial score (nSPS) is 16.9. The lowest BCUT2D eigenvalue weighted by molar-refractivity contribution is -0.121. The van der Waals surface area contributed by atoms with Gasteiger partial charge >= 0.3 is 5.97 Å². The number of hydrogen-bond donors (Lipinski definition) is 2. The molecule has 3 rings (SSSR count). The molecule has 2 N–H and O–H groups in total. The van der Waals surface area contributed by atoms with Crippen LogP contribution < -0.4 is 10.1 Å². The Hall–Kier alpha value is -2.86. The van der Waals surface area contributed by atoms with Gasteiger partial charge in [0.2, 0.25) is 5.91 Å². The molecule has 0 radical (unpaired) electrons. The van der Waals surface area contributed by atoms with Crippen LogP contribution in [0.5, 0.6) is 5.75 Å². The first-order valence-corrected chi connectivity index (χ1v) is 10.0. The average molecular weight is 396 g/mol. The lowest BCUT2D eigenvalue weighted by atomic mass is 9.90. The van der Waals surface area contributed by atoms with Gasteiger partial charge in [-0.2, -0.15) is 0 Å². The van der Waals surface area contributed by atoms with Crippen molar-refractivity contribution in [3.8, 4) is 5.75 Å². The van der Waals surface area contributed by atoms with Crippen LogP contribution in [0, 0.1) is 0 Å². The maximum Gasteiger partial charge on any atom is 0.335 e. The van der Waals surface area contributed by atoms with Crippen molar-refractivity contribution >= 4 is 11.9 Å². The Bertz CT molecular complexity index is 818. The Morgan fingerprint density at radius 3 is 2.52 bits per heavy atom. The second-order valence-corrected chi connectivity index (χ2v) is 7.44. The second kappa shape index (κ2) is 10.1. The van der Waals surface area contributed by atoms with E-state index in [-0.39, 0.29) is 5.91 Å². The molecule has 0 aromatic heterocycles. The minimum atomic E-state index is -0.900. The number of benzene rings is 2. The van der Waals surface area contributed by atoms with Crippen molar-refractivity contribution in [2.24, 2.45) is 0 Å². The highest BCUT2D eigenvalue weighted by atomic mass is 16.5. The number of likely N-dealkylation sites (tertiary alicyclic amines) is 1. The first kappa shape index (κ1) is 20.9. The van der Waals surface area contributed by atoms with Gasteiger partial charge in [-0.05, 0) is 60.7 Å². The van der Waals surface area contributed by atoms with Gasteiger partial charge in [-0.1, -0.05) is 24.3 Å². The third kappa shape index (κ3) is 6.06. The number of carbonyl (C=O) groups is 2. The Kier molecular flexibility index (Phi) is 7.25. The zero-order valence-electron chi connectivity index (χ0n) is 16.8. The zero-order chi connectivity index (χ0) is 20.6. The molecular weight excluding hydrogens is 368 g/mol. The summed E-state index contributed by atoms with van der Waals surface area (Å²) in [7, 11) is 1.63. The maximum atomic E-state index is 12.2. The van der Waals surface area contributed by atoms with Crippen LogP contribution in [0.25, 0.3) is 0 Å². The number of hydrogen-bond acceptors (Lipinski definition) is 4. The van der Waals surface area contributed by atoms with Crippen molar-refractivity contribution < 1.29 is 19.4 Å². The smallest absolute Gasteiger partial charge is 0.335 e. The molecule has 1 aliphatic rings. The predicted molar refractivity (Wildman–Crippen MR) is 111 cm³/mol. The first-order chi connectivity index (χ1) is 14.0. The van der Waals surface area contributed by atoms with E-state index >= 15 is 0 Å². The summed E-state index contributed by atoms with van der Waals surface area (Å²) >= 11 is 0. The molecule has 0 unspecified atom stereocenters. The number of nitrogens with one attached hydrogen (secondary N) is 1. The fourth-order valence-corrected chi connectivity index (χ4v) is 3.72. The van der Waals surface area contributed by atoms with Crippen LogP contribution in [0.2, 0.25) is 0 Å². The summed E-state index contributed by atoms with van der Waals surface area (Å²) in [6.45, 7) is 3.15. The number of aromatic carboxylic acids is 1. The molecule has 0 aliphatic carbocycles. The van der Waals surface area contributed by atoms with Crippen LogP contribution in [0.1, 0.15) is 46.7 Å². The van der Waals surface area contributed by atoms with Crippen LogP contribution in [0.3, 0.4) is 0 Å². The Balaban J connectivity index is 1.43. The molecule has 0 spiro atoms. The van der Waals surface area contributed by atoms with E-state index in [1.165, 1.54) is 5.56 Å². The molecule has 1 atom stereocenters. The number of carboxylic acid groups (broad SMARTS) is 1. The minimum Gasteiger partial charge on any atom is -0.497 e. The fourth-order valence-electron chi connectivity index (χ4n) is 3.72. The standard InChI is InChI=1S/C23H28N2O4/c1-29-21-10-4-17(5-11-21)15-24-22(26)12-14-25-13-2-3-20(16-25)18-6-8-19(9-7-18)23(27)28/h4-11,20H,2-3,12-16H2,1H3,(H,24,26)(H,27,28)/t20-/m0/s1. The van der Waals surface area contributed by atoms with Gasteiger partial charge in [-0.15, -0.1) is 0 Å². The topological polar surface area (TPSA) is 78.9 Å². The number of carbonyl (C=O) groups excluding carboxylic acids is 1. The monoisotopic (exact) mass is 396 g/mol. The van der Waals surface area contributed by atoms with Gasteiger partial charge in [0.05, 0.1) is 12.7 Å². The van der Waals surface area contributed by atoms with E-state index in [0.717, 1.165) is 43.8 Å². The minimum absolute atomic E-state index is 0.0498. The number of ether oxygens (including phenoxy) is 1. The second-order valence-electron chi connectivity index (χ2n) is 7.44. The van der Waals surface area contributed by atoms with E-state index in [1.54, 1.807) is 19.2 Å². The van der Waals surface area contributed by atoms with Gasteiger partial charge < -0.3 is 20.1 Å². The van der Waals surface area contributed by atoms with Crippen LogP contribution in [-0.2, 0) is 11.3 Å². The van der Waals surface area contributed by atoms with E-state index in [2.05, 4.69) is 10.2 Å². The quantitative estimate of drug-likeness (QED) is 0.716. The van der Waals surface area contributed by atoms with Gasteiger partial charge in [0, 0.05) is 26.1 Å². The van der Waals surface area contributed by atoms with Crippen molar-refractivity contribution in [3.05, 3.63) is 65.2 Å². The van der Waals surface area contributed by atoms with Gasteiger partial charge in [0.15, 0.2) is 0 Å². The number of methoxy groups -OCH3 is 1.